The molecule has 16 aromatic rings. The summed E-state index contributed by atoms with van der Waals surface area (Å²) < 4.78 is 11.0. The van der Waals surface area contributed by atoms with E-state index in [1.54, 1.807) is 0 Å². The number of nitrogens with one attached hydrogen (secondary N) is 2. The van der Waals surface area contributed by atoms with Gasteiger partial charge in [0.1, 0.15) is 0 Å². The van der Waals surface area contributed by atoms with Crippen molar-refractivity contribution in [1.82, 2.24) is 9.97 Å². The maximum Gasteiger partial charge on any atom is 0.184 e. The van der Waals surface area contributed by atoms with Crippen molar-refractivity contribution >= 4 is 11.3 Å². The lowest BCUT2D eigenvalue weighted by molar-refractivity contribution is -0.141. The zero-order valence-electron chi connectivity index (χ0n) is 62.2. The van der Waals surface area contributed by atoms with Gasteiger partial charge in [0.05, 0.1) is 24.6 Å². The van der Waals surface area contributed by atoms with Gasteiger partial charge in [-0.25, -0.2) is 4.99 Å². The highest BCUT2D eigenvalue weighted by Gasteiger charge is 2.27. The average molecular weight is 1440 g/mol. The zero-order valence-corrected chi connectivity index (χ0v) is 62.2. The molecule has 7 nitrogen and oxygen atoms in total. The number of hydrogen-bond acceptors (Lipinski definition) is 5. The van der Waals surface area contributed by atoms with Crippen molar-refractivity contribution in [3.8, 4) is 123 Å². The Hall–Kier alpha value is -13.4. The molecule has 0 saturated heterocycles. The molecule has 1 aliphatic rings. The quantitative estimate of drug-likeness (QED) is 0.0538. The van der Waals surface area contributed by atoms with E-state index in [1.165, 1.54) is 38.9 Å². The maximum atomic E-state index is 10.9. The van der Waals surface area contributed by atoms with Gasteiger partial charge in [0, 0.05) is 64.3 Å². The molecule has 0 spiro atoms. The largest absolute Gasteiger partial charge is 0.392 e. The van der Waals surface area contributed by atoms with Gasteiger partial charge in [0.25, 0.3) is 0 Å². The highest BCUT2D eigenvalue weighted by atomic mass is 16.7. The van der Waals surface area contributed by atoms with Crippen LogP contribution in [0.4, 0.5) is 0 Å². The molecule has 0 amide bonds. The van der Waals surface area contributed by atoms with Crippen molar-refractivity contribution in [3.63, 3.8) is 0 Å². The van der Waals surface area contributed by atoms with Crippen LogP contribution < -0.4 is 0 Å². The first-order valence-electron chi connectivity index (χ1n) is 37.9. The number of aliphatic imine (C=N–C) groups is 1. The van der Waals surface area contributed by atoms with Crippen LogP contribution in [0.2, 0.25) is 0 Å². The molecule has 17 rings (SSSR count). The monoisotopic (exact) mass is 1440 g/mol. The summed E-state index contributed by atoms with van der Waals surface area (Å²) in [4.78, 5) is 13.0. The number of aliphatic hydroxyl groups excluding tert-OH is 2. The highest BCUT2D eigenvalue weighted by molar-refractivity contribution is 6.20. The van der Waals surface area contributed by atoms with Crippen molar-refractivity contribution in [1.29, 1.82) is 0 Å². The first-order valence-corrected chi connectivity index (χ1v) is 37.9. The van der Waals surface area contributed by atoms with Crippen molar-refractivity contribution in [2.45, 2.75) is 33.4 Å². The summed E-state index contributed by atoms with van der Waals surface area (Å²) in [5, 5.41) is 20.1. The second-order valence-electron chi connectivity index (χ2n) is 27.0. The van der Waals surface area contributed by atoms with Gasteiger partial charge in [0.15, 0.2) is 6.29 Å². The van der Waals surface area contributed by atoms with Gasteiger partial charge in [0.2, 0.25) is 0 Å². The lowest BCUT2D eigenvalue weighted by Crippen LogP contribution is -2.11. The van der Waals surface area contributed by atoms with E-state index in [4.69, 9.17) is 14.5 Å². The van der Waals surface area contributed by atoms with E-state index in [0.717, 1.165) is 134 Å². The van der Waals surface area contributed by atoms with Crippen LogP contribution >= 0.6 is 0 Å². The average Bonchev–Trinajstić information content (AvgIpc) is 1.73. The predicted octanol–water partition coefficient (Wildman–Crippen LogP) is 25.9. The lowest BCUT2D eigenvalue weighted by atomic mass is 9.86. The summed E-state index contributed by atoms with van der Waals surface area (Å²) in [5.41, 5.74) is 33.3. The smallest absolute Gasteiger partial charge is 0.184 e. The third-order valence-corrected chi connectivity index (χ3v) is 20.1. The van der Waals surface area contributed by atoms with Crippen LogP contribution in [0.15, 0.2) is 411 Å². The fourth-order valence-electron chi connectivity index (χ4n) is 14.8. The SMILES string of the molecule is CCOC(OCC)c1ccccc1CO.OCc1ccccc1/C(=C1\C=CC(c2c(-c3ccccc3)cc(-c3ccccc3)cc2-c2ccccc2)=N1)c1ccc(-c2c(-c3ccccc3)cc(-c3ccccc3)cc2-c2ccccc2)[nH]1.c1ccc(-c2cc(-c3ccccc3)c(-c3ccc[nH]3)c(-c3ccccc3)c2)cc1. The van der Waals surface area contributed by atoms with Crippen LogP contribution in [-0.2, 0) is 22.7 Å². The van der Waals surface area contributed by atoms with Gasteiger partial charge < -0.3 is 29.7 Å². The Morgan fingerprint density at radius 3 is 1.01 bits per heavy atom. The maximum absolute atomic E-state index is 10.9. The van der Waals surface area contributed by atoms with E-state index in [1.807, 2.05) is 62.5 Å². The van der Waals surface area contributed by atoms with Crippen LogP contribution in [0.1, 0.15) is 53.6 Å². The normalized spacial score (nSPS) is 12.0. The molecule has 0 saturated carbocycles. The van der Waals surface area contributed by atoms with Crippen molar-refractivity contribution in [3.05, 3.63) is 440 Å². The Balaban J connectivity index is 0.000000180. The van der Waals surface area contributed by atoms with E-state index >= 15 is 0 Å². The number of aromatic amines is 2. The van der Waals surface area contributed by atoms with E-state index < -0.39 is 0 Å². The lowest BCUT2D eigenvalue weighted by Gasteiger charge is -2.19. The summed E-state index contributed by atoms with van der Waals surface area (Å²) in [5.74, 6) is 0. The fraction of sp³-hybridized carbons (Fsp3) is 0.0673. The van der Waals surface area contributed by atoms with Crippen LogP contribution in [-0.4, -0.2) is 39.1 Å². The van der Waals surface area contributed by atoms with Crippen molar-refractivity contribution in [2.24, 2.45) is 4.99 Å². The molecular weight excluding hydrogens is 1360 g/mol. The molecule has 0 unspecified atom stereocenters. The van der Waals surface area contributed by atoms with Gasteiger partial charge in [-0.2, -0.15) is 0 Å². The first kappa shape index (κ1) is 73.2. The van der Waals surface area contributed by atoms with Gasteiger partial charge in [-0.1, -0.05) is 322 Å². The van der Waals surface area contributed by atoms with E-state index in [9.17, 15) is 10.2 Å². The fourth-order valence-corrected chi connectivity index (χ4v) is 14.8. The minimum absolute atomic E-state index is 0.00677. The summed E-state index contributed by atoms with van der Waals surface area (Å²) in [7, 11) is 0. The molecule has 0 radical (unpaired) electrons. The number of allylic oxidation sites excluding steroid dienone is 2. The van der Waals surface area contributed by atoms with Crippen molar-refractivity contribution < 1.29 is 19.7 Å². The summed E-state index contributed by atoms with van der Waals surface area (Å²) >= 11 is 0. The van der Waals surface area contributed by atoms with Crippen LogP contribution in [0.5, 0.6) is 0 Å². The molecular formula is C104H85N3O4. The number of rotatable bonds is 21. The molecule has 7 heteroatoms. The molecule has 111 heavy (non-hydrogen) atoms. The Morgan fingerprint density at radius 1 is 0.315 bits per heavy atom. The standard InChI is InChI=1S/C64H46N2O.C28H21N.C12H18O3/c67-43-50-33-19-20-34-53(50)64(60-37-35-58(65-60)62-54(46-25-11-3-12-26-46)39-51(44-21-7-1-8-22-44)40-55(62)47-27-13-4-14-28-47)61-38-36-59(66-61)63-56(48-29-15-5-16-30-48)41-52(45-23-9-2-10-24-45)42-57(63)49-31-17-6-18-32-49;1-4-11-21(12-5-1)24-19-25(22-13-6-2-7-14-22)28(27-17-10-18-29-27)26(20-24)23-15-8-3-9-16-23;1-3-14-12(15-4-2)11-8-6-5-7-10(11)9-13/h1-42,65,67H,43H2;1-20,29H;5-8,12-13H,3-4,9H2,1-2H3/b64-61-;;. The number of ether oxygens (including phenoxy) is 2. The second kappa shape index (κ2) is 35.6. The van der Waals surface area contributed by atoms with Crippen LogP contribution in [0.3, 0.4) is 0 Å². The molecule has 0 bridgehead atoms. The Bertz CT molecular complexity index is 5640. The Kier molecular flexibility index (Phi) is 23.4. The third kappa shape index (κ3) is 16.7. The molecule has 14 aromatic carbocycles. The zero-order chi connectivity index (χ0) is 75.5. The highest BCUT2D eigenvalue weighted by Crippen LogP contribution is 2.47. The molecule has 0 atom stereocenters. The number of benzene rings is 14. The number of hydrogen-bond donors (Lipinski definition) is 4. The van der Waals surface area contributed by atoms with E-state index in [-0.39, 0.29) is 19.5 Å². The molecule has 3 heterocycles. The number of nitrogens with zero attached hydrogens (tertiary/aromatic N) is 1. The number of H-pyrrole nitrogens is 2. The Morgan fingerprint density at radius 2 is 0.649 bits per heavy atom. The number of aliphatic hydroxyl groups is 2. The molecule has 0 fully saturated rings. The summed E-state index contributed by atoms with van der Waals surface area (Å²) in [6, 6.07) is 134. The third-order valence-electron chi connectivity index (χ3n) is 20.1. The summed E-state index contributed by atoms with van der Waals surface area (Å²) in [6.07, 6.45) is 5.90. The molecule has 540 valence electrons. The predicted molar refractivity (Wildman–Crippen MR) is 460 cm³/mol. The van der Waals surface area contributed by atoms with Gasteiger partial charge in [-0.15, -0.1) is 0 Å². The summed E-state index contributed by atoms with van der Waals surface area (Å²) in [6.45, 7) is 4.91. The topological polar surface area (TPSA) is 103 Å². The van der Waals surface area contributed by atoms with Crippen molar-refractivity contribution in [2.75, 3.05) is 13.2 Å². The molecule has 4 N–H and O–H groups in total. The second-order valence-corrected chi connectivity index (χ2v) is 27.0. The number of aromatic nitrogens is 2. The first-order chi connectivity index (χ1) is 54.9. The van der Waals surface area contributed by atoms with Gasteiger partial charge in [-0.3, -0.25) is 0 Å². The Labute approximate surface area is 650 Å². The van der Waals surface area contributed by atoms with Gasteiger partial charge >= 0.3 is 0 Å². The molecule has 2 aromatic heterocycles. The van der Waals surface area contributed by atoms with E-state index in [0.29, 0.717) is 13.2 Å². The van der Waals surface area contributed by atoms with Crippen LogP contribution in [0.25, 0.3) is 128 Å². The van der Waals surface area contributed by atoms with Crippen LogP contribution in [0, 0.1) is 0 Å². The molecule has 0 aliphatic carbocycles. The minimum atomic E-state index is -0.372. The van der Waals surface area contributed by atoms with Gasteiger partial charge in [-0.05, 0) is 203 Å². The van der Waals surface area contributed by atoms with E-state index in [2.05, 4.69) is 362 Å². The molecule has 1 aliphatic heterocycles. The minimum Gasteiger partial charge on any atom is -0.392 e.